The average molecular weight is 360 g/mol. The number of halogens is 1. The number of hydrazone groups is 1. The number of imidazole rings is 1. The average Bonchev–Trinajstić information content (AvgIpc) is 2.99. The van der Waals surface area contributed by atoms with E-state index in [0.29, 0.717) is 0 Å². The Hall–Kier alpha value is -3.27. The Balaban J connectivity index is 2.08. The number of hydrogen-bond acceptors (Lipinski definition) is 6. The SMILES string of the molecule is Cn1c(=O)c2c(nc(N/N=C\c3ccccc3F)n2CCO)n(C)c1=O. The zero-order valence-corrected chi connectivity index (χ0v) is 14.2. The molecule has 0 radical (unpaired) electrons. The summed E-state index contributed by atoms with van der Waals surface area (Å²) in [4.78, 5) is 28.7. The zero-order valence-electron chi connectivity index (χ0n) is 14.2. The van der Waals surface area contributed by atoms with E-state index in [1.807, 2.05) is 0 Å². The van der Waals surface area contributed by atoms with Gasteiger partial charge in [-0.3, -0.25) is 13.9 Å². The van der Waals surface area contributed by atoms with E-state index in [9.17, 15) is 19.1 Å². The molecular weight excluding hydrogens is 343 g/mol. The Kier molecular flexibility index (Phi) is 4.67. The summed E-state index contributed by atoms with van der Waals surface area (Å²) in [5, 5.41) is 13.2. The van der Waals surface area contributed by atoms with Crippen molar-refractivity contribution in [3.05, 3.63) is 56.5 Å². The molecule has 0 aliphatic heterocycles. The molecule has 0 atom stereocenters. The minimum atomic E-state index is -0.532. The molecule has 0 aliphatic rings. The quantitative estimate of drug-likeness (QED) is 0.492. The van der Waals surface area contributed by atoms with E-state index in [0.717, 1.165) is 4.57 Å². The number of nitrogens with one attached hydrogen (secondary N) is 1. The molecule has 0 bridgehead atoms. The van der Waals surface area contributed by atoms with E-state index < -0.39 is 17.1 Å². The normalized spacial score (nSPS) is 11.5. The first-order valence-electron chi connectivity index (χ1n) is 7.76. The van der Waals surface area contributed by atoms with Crippen molar-refractivity contribution < 1.29 is 9.50 Å². The van der Waals surface area contributed by atoms with Crippen molar-refractivity contribution in [1.29, 1.82) is 0 Å². The standard InChI is InChI=1S/C16H17FN6O3/c1-21-13-12(14(25)22(2)16(21)26)23(7-8-24)15(19-13)20-18-9-10-5-3-4-6-11(10)17/h3-6,9,24H,7-8H2,1-2H3,(H,19,20)/b18-9-. The Morgan fingerprint density at radius 3 is 2.69 bits per heavy atom. The minimum absolute atomic E-state index is 0.0709. The van der Waals surface area contributed by atoms with Crippen molar-refractivity contribution in [3.63, 3.8) is 0 Å². The van der Waals surface area contributed by atoms with Gasteiger partial charge in [-0.2, -0.15) is 10.1 Å². The number of hydrogen-bond donors (Lipinski definition) is 2. The van der Waals surface area contributed by atoms with E-state index in [2.05, 4.69) is 15.5 Å². The largest absolute Gasteiger partial charge is 0.395 e. The predicted octanol–water partition coefficient (Wildman–Crippen LogP) is 0.0111. The second-order valence-electron chi connectivity index (χ2n) is 5.58. The van der Waals surface area contributed by atoms with Crippen molar-refractivity contribution >= 4 is 23.3 Å². The van der Waals surface area contributed by atoms with Crippen molar-refractivity contribution in [2.45, 2.75) is 6.54 Å². The maximum atomic E-state index is 13.6. The Morgan fingerprint density at radius 2 is 2.00 bits per heavy atom. The molecule has 3 rings (SSSR count). The molecule has 0 fully saturated rings. The lowest BCUT2D eigenvalue weighted by molar-refractivity contribution is 0.278. The molecule has 0 aliphatic carbocycles. The Bertz CT molecular complexity index is 1110. The number of benzene rings is 1. The van der Waals surface area contributed by atoms with Gasteiger partial charge < -0.3 is 9.67 Å². The van der Waals surface area contributed by atoms with Gasteiger partial charge in [0.05, 0.1) is 12.8 Å². The van der Waals surface area contributed by atoms with Crippen molar-refractivity contribution in [1.82, 2.24) is 18.7 Å². The van der Waals surface area contributed by atoms with Crippen molar-refractivity contribution in [3.8, 4) is 0 Å². The highest BCUT2D eigenvalue weighted by Crippen LogP contribution is 2.15. The fourth-order valence-electron chi connectivity index (χ4n) is 2.59. The van der Waals surface area contributed by atoms with Gasteiger partial charge in [-0.1, -0.05) is 18.2 Å². The lowest BCUT2D eigenvalue weighted by Crippen LogP contribution is -2.37. The van der Waals surface area contributed by atoms with Gasteiger partial charge in [-0.25, -0.2) is 14.6 Å². The summed E-state index contributed by atoms with van der Waals surface area (Å²) >= 11 is 0. The first-order chi connectivity index (χ1) is 12.5. The second kappa shape index (κ2) is 6.92. The van der Waals surface area contributed by atoms with Gasteiger partial charge in [-0.05, 0) is 6.07 Å². The van der Waals surface area contributed by atoms with Crippen LogP contribution in [0, 0.1) is 5.82 Å². The van der Waals surface area contributed by atoms with Crippen LogP contribution in [0.5, 0.6) is 0 Å². The fraction of sp³-hybridized carbons (Fsp3) is 0.250. The molecule has 136 valence electrons. The van der Waals surface area contributed by atoms with Gasteiger partial charge in [0.25, 0.3) is 5.56 Å². The molecule has 0 saturated heterocycles. The highest BCUT2D eigenvalue weighted by Gasteiger charge is 2.18. The summed E-state index contributed by atoms with van der Waals surface area (Å²) < 4.78 is 17.2. The van der Waals surface area contributed by atoms with Crippen LogP contribution >= 0.6 is 0 Å². The van der Waals surface area contributed by atoms with Crippen LogP contribution in [0.2, 0.25) is 0 Å². The van der Waals surface area contributed by atoms with Crippen LogP contribution < -0.4 is 16.7 Å². The molecule has 3 aromatic rings. The molecule has 0 saturated carbocycles. The van der Waals surface area contributed by atoms with Gasteiger partial charge in [0.1, 0.15) is 5.82 Å². The number of aliphatic hydroxyl groups excluding tert-OH is 1. The smallest absolute Gasteiger partial charge is 0.332 e. The first-order valence-corrected chi connectivity index (χ1v) is 7.76. The molecule has 26 heavy (non-hydrogen) atoms. The third kappa shape index (κ3) is 2.90. The van der Waals surface area contributed by atoms with Gasteiger partial charge in [0.15, 0.2) is 11.2 Å². The van der Waals surface area contributed by atoms with Crippen LogP contribution in [-0.2, 0) is 20.6 Å². The van der Waals surface area contributed by atoms with Gasteiger partial charge in [0, 0.05) is 26.2 Å². The molecule has 9 nitrogen and oxygen atoms in total. The second-order valence-corrected chi connectivity index (χ2v) is 5.58. The van der Waals surface area contributed by atoms with E-state index in [1.54, 1.807) is 18.2 Å². The minimum Gasteiger partial charge on any atom is -0.395 e. The van der Waals surface area contributed by atoms with Gasteiger partial charge in [-0.15, -0.1) is 0 Å². The van der Waals surface area contributed by atoms with Gasteiger partial charge >= 0.3 is 5.69 Å². The molecule has 0 amide bonds. The maximum Gasteiger partial charge on any atom is 0.332 e. The summed E-state index contributed by atoms with van der Waals surface area (Å²) in [5.41, 5.74) is 2.18. The van der Waals surface area contributed by atoms with E-state index in [1.165, 1.54) is 35.5 Å². The fourth-order valence-corrected chi connectivity index (χ4v) is 2.59. The molecule has 10 heteroatoms. The zero-order chi connectivity index (χ0) is 18.8. The van der Waals surface area contributed by atoms with Crippen LogP contribution in [0.1, 0.15) is 5.56 Å². The third-order valence-corrected chi connectivity index (χ3v) is 3.94. The lowest BCUT2D eigenvalue weighted by Gasteiger charge is -2.07. The van der Waals surface area contributed by atoms with Crippen LogP contribution in [0.15, 0.2) is 39.0 Å². The number of aromatic nitrogens is 4. The van der Waals surface area contributed by atoms with Crippen LogP contribution in [0.3, 0.4) is 0 Å². The third-order valence-electron chi connectivity index (χ3n) is 3.94. The lowest BCUT2D eigenvalue weighted by atomic mass is 10.2. The topological polar surface area (TPSA) is 106 Å². The molecule has 1 aromatic carbocycles. The number of nitrogens with zero attached hydrogens (tertiary/aromatic N) is 5. The molecular formula is C16H17FN6O3. The van der Waals surface area contributed by atoms with Crippen LogP contribution in [-0.4, -0.2) is 36.6 Å². The Morgan fingerprint density at radius 1 is 1.27 bits per heavy atom. The number of aliphatic hydroxyl groups is 1. The Labute approximate surface area is 146 Å². The van der Waals surface area contributed by atoms with Crippen molar-refractivity contribution in [2.24, 2.45) is 19.2 Å². The number of aryl methyl sites for hydroxylation is 1. The highest BCUT2D eigenvalue weighted by atomic mass is 19.1. The maximum absolute atomic E-state index is 13.6. The molecule has 0 unspecified atom stereocenters. The molecule has 2 heterocycles. The summed E-state index contributed by atoms with van der Waals surface area (Å²) in [6.07, 6.45) is 1.27. The van der Waals surface area contributed by atoms with Gasteiger partial charge in [0.2, 0.25) is 5.95 Å². The molecule has 0 spiro atoms. The number of rotatable bonds is 5. The molecule has 2 aromatic heterocycles. The van der Waals surface area contributed by atoms with Crippen LogP contribution in [0.4, 0.5) is 10.3 Å². The monoisotopic (exact) mass is 360 g/mol. The molecule has 2 N–H and O–H groups in total. The first kappa shape index (κ1) is 17.5. The highest BCUT2D eigenvalue weighted by molar-refractivity contribution is 5.80. The summed E-state index contributed by atoms with van der Waals surface area (Å²) in [6, 6.07) is 6.10. The summed E-state index contributed by atoms with van der Waals surface area (Å²) in [6.45, 7) is -0.176. The summed E-state index contributed by atoms with van der Waals surface area (Å²) in [7, 11) is 2.86. The predicted molar refractivity (Wildman–Crippen MR) is 94.9 cm³/mol. The van der Waals surface area contributed by atoms with E-state index in [4.69, 9.17) is 0 Å². The van der Waals surface area contributed by atoms with Crippen LogP contribution in [0.25, 0.3) is 11.2 Å². The summed E-state index contributed by atoms with van der Waals surface area (Å²) in [5.74, 6) is -0.280. The number of fused-ring (bicyclic) bond motifs is 1. The van der Waals surface area contributed by atoms with E-state index in [-0.39, 0.29) is 35.8 Å². The van der Waals surface area contributed by atoms with E-state index >= 15 is 0 Å². The van der Waals surface area contributed by atoms with Crippen molar-refractivity contribution in [2.75, 3.05) is 12.0 Å². The number of anilines is 1.